The first-order valence-corrected chi connectivity index (χ1v) is 6.34. The van der Waals surface area contributed by atoms with Gasteiger partial charge in [0.05, 0.1) is 12.8 Å². The Morgan fingerprint density at radius 2 is 2.10 bits per heavy atom. The zero-order valence-corrected chi connectivity index (χ0v) is 11.9. The Hall–Kier alpha value is -2.43. The summed E-state index contributed by atoms with van der Waals surface area (Å²) in [6.07, 6.45) is 1.77. The van der Waals surface area contributed by atoms with E-state index in [9.17, 15) is 5.11 Å². The molecule has 0 saturated carbocycles. The fourth-order valence-electron chi connectivity index (χ4n) is 1.92. The van der Waals surface area contributed by atoms with Crippen LogP contribution in [0.2, 0.25) is 0 Å². The summed E-state index contributed by atoms with van der Waals surface area (Å²) in [5.74, 6) is 1.51. The Morgan fingerprint density at radius 1 is 1.30 bits per heavy atom. The van der Waals surface area contributed by atoms with E-state index in [0.29, 0.717) is 12.3 Å². The van der Waals surface area contributed by atoms with E-state index in [4.69, 9.17) is 4.74 Å². The standard InChI is InChI=1S/C15H19N3O2/c1-18(2)15-12(5-4-8-16-15)17-10-11-6-7-13(19)14(9-11)20-3/h4-9,17,19H,10H2,1-3H3. The van der Waals surface area contributed by atoms with Gasteiger partial charge in [0.25, 0.3) is 0 Å². The van der Waals surface area contributed by atoms with Crippen molar-refractivity contribution in [2.45, 2.75) is 6.54 Å². The Labute approximate surface area is 118 Å². The molecule has 2 rings (SSSR count). The van der Waals surface area contributed by atoms with Gasteiger partial charge in [0.2, 0.25) is 0 Å². The summed E-state index contributed by atoms with van der Waals surface area (Å²) in [6.45, 7) is 0.628. The number of hydrogen-bond acceptors (Lipinski definition) is 5. The minimum Gasteiger partial charge on any atom is -0.504 e. The number of benzene rings is 1. The fourth-order valence-corrected chi connectivity index (χ4v) is 1.92. The Bertz CT molecular complexity index is 585. The van der Waals surface area contributed by atoms with Gasteiger partial charge in [-0.3, -0.25) is 0 Å². The highest BCUT2D eigenvalue weighted by Crippen LogP contribution is 2.27. The normalized spacial score (nSPS) is 10.2. The van der Waals surface area contributed by atoms with E-state index in [-0.39, 0.29) is 5.75 Å². The third-order valence-corrected chi connectivity index (χ3v) is 2.94. The Morgan fingerprint density at radius 3 is 2.80 bits per heavy atom. The first kappa shape index (κ1) is 14.0. The van der Waals surface area contributed by atoms with Gasteiger partial charge in [0.15, 0.2) is 17.3 Å². The van der Waals surface area contributed by atoms with Gasteiger partial charge in [0, 0.05) is 26.8 Å². The highest BCUT2D eigenvalue weighted by molar-refractivity contribution is 5.64. The molecule has 0 radical (unpaired) electrons. The molecule has 0 unspecified atom stereocenters. The number of nitrogens with one attached hydrogen (secondary N) is 1. The van der Waals surface area contributed by atoms with E-state index >= 15 is 0 Å². The van der Waals surface area contributed by atoms with Gasteiger partial charge in [0.1, 0.15) is 0 Å². The lowest BCUT2D eigenvalue weighted by Crippen LogP contribution is -2.13. The third-order valence-electron chi connectivity index (χ3n) is 2.94. The van der Waals surface area contributed by atoms with Gasteiger partial charge in [-0.25, -0.2) is 4.98 Å². The van der Waals surface area contributed by atoms with Gasteiger partial charge < -0.3 is 20.1 Å². The minimum absolute atomic E-state index is 0.145. The van der Waals surface area contributed by atoms with Crippen LogP contribution in [-0.2, 0) is 6.54 Å². The van der Waals surface area contributed by atoms with Gasteiger partial charge >= 0.3 is 0 Å². The van der Waals surface area contributed by atoms with Crippen LogP contribution in [-0.4, -0.2) is 31.3 Å². The van der Waals surface area contributed by atoms with E-state index < -0.39 is 0 Å². The van der Waals surface area contributed by atoms with E-state index in [0.717, 1.165) is 17.1 Å². The molecular formula is C15H19N3O2. The average molecular weight is 273 g/mol. The summed E-state index contributed by atoms with van der Waals surface area (Å²) < 4.78 is 5.10. The molecule has 1 heterocycles. The Kier molecular flexibility index (Phi) is 4.30. The molecule has 0 spiro atoms. The van der Waals surface area contributed by atoms with Crippen molar-refractivity contribution in [1.82, 2.24) is 4.98 Å². The van der Waals surface area contributed by atoms with Gasteiger partial charge in [-0.2, -0.15) is 0 Å². The molecule has 0 saturated heterocycles. The number of rotatable bonds is 5. The molecule has 2 N–H and O–H groups in total. The highest BCUT2D eigenvalue weighted by Gasteiger charge is 2.06. The van der Waals surface area contributed by atoms with Crippen molar-refractivity contribution in [2.75, 3.05) is 31.4 Å². The number of hydrogen-bond donors (Lipinski definition) is 2. The zero-order valence-electron chi connectivity index (χ0n) is 11.9. The van der Waals surface area contributed by atoms with E-state index in [1.54, 1.807) is 12.3 Å². The molecule has 20 heavy (non-hydrogen) atoms. The van der Waals surface area contributed by atoms with Crippen LogP contribution in [0, 0.1) is 0 Å². The summed E-state index contributed by atoms with van der Waals surface area (Å²) in [5.41, 5.74) is 1.98. The minimum atomic E-state index is 0.145. The molecule has 5 heteroatoms. The fraction of sp³-hybridized carbons (Fsp3) is 0.267. The van der Waals surface area contributed by atoms with Crippen LogP contribution in [0.1, 0.15) is 5.56 Å². The van der Waals surface area contributed by atoms with Crippen molar-refractivity contribution >= 4 is 11.5 Å². The predicted octanol–water partition coefficient (Wildman–Crippen LogP) is 2.47. The molecule has 0 aliphatic rings. The smallest absolute Gasteiger partial charge is 0.160 e. The number of aromatic hydroxyl groups is 1. The lowest BCUT2D eigenvalue weighted by Gasteiger charge is -2.17. The molecule has 0 aliphatic heterocycles. The van der Waals surface area contributed by atoms with E-state index in [1.807, 2.05) is 43.3 Å². The van der Waals surface area contributed by atoms with Gasteiger partial charge in [-0.15, -0.1) is 0 Å². The lowest BCUT2D eigenvalue weighted by atomic mass is 10.2. The summed E-state index contributed by atoms with van der Waals surface area (Å²) in [5, 5.41) is 12.9. The average Bonchev–Trinajstić information content (AvgIpc) is 2.46. The molecule has 0 fully saturated rings. The van der Waals surface area contributed by atoms with Crippen LogP contribution in [0.25, 0.3) is 0 Å². The molecule has 1 aromatic carbocycles. The number of nitrogens with zero attached hydrogens (tertiary/aromatic N) is 2. The second-order valence-electron chi connectivity index (χ2n) is 4.63. The maximum atomic E-state index is 9.58. The van der Waals surface area contributed by atoms with Crippen LogP contribution in [0.15, 0.2) is 36.5 Å². The lowest BCUT2D eigenvalue weighted by molar-refractivity contribution is 0.373. The predicted molar refractivity (Wildman–Crippen MR) is 80.5 cm³/mol. The van der Waals surface area contributed by atoms with Crippen LogP contribution >= 0.6 is 0 Å². The number of aromatic nitrogens is 1. The zero-order chi connectivity index (χ0) is 14.5. The van der Waals surface area contributed by atoms with Gasteiger partial charge in [-0.05, 0) is 29.8 Å². The van der Waals surface area contributed by atoms with Crippen molar-refractivity contribution in [3.05, 3.63) is 42.1 Å². The van der Waals surface area contributed by atoms with Gasteiger partial charge in [-0.1, -0.05) is 6.07 Å². The van der Waals surface area contributed by atoms with Crippen LogP contribution in [0.3, 0.4) is 0 Å². The largest absolute Gasteiger partial charge is 0.504 e. The van der Waals surface area contributed by atoms with Crippen molar-refractivity contribution in [3.63, 3.8) is 0 Å². The Balaban J connectivity index is 2.13. The summed E-state index contributed by atoms with van der Waals surface area (Å²) in [4.78, 5) is 6.30. The van der Waals surface area contributed by atoms with Crippen molar-refractivity contribution < 1.29 is 9.84 Å². The monoisotopic (exact) mass is 273 g/mol. The third kappa shape index (κ3) is 3.12. The SMILES string of the molecule is COc1cc(CNc2cccnc2N(C)C)ccc1O. The van der Waals surface area contributed by atoms with Crippen LogP contribution in [0.5, 0.6) is 11.5 Å². The van der Waals surface area contributed by atoms with Crippen molar-refractivity contribution in [1.29, 1.82) is 0 Å². The maximum Gasteiger partial charge on any atom is 0.160 e. The molecular weight excluding hydrogens is 254 g/mol. The number of ether oxygens (including phenoxy) is 1. The molecule has 0 amide bonds. The van der Waals surface area contributed by atoms with E-state index in [2.05, 4.69) is 10.3 Å². The van der Waals surface area contributed by atoms with Crippen LogP contribution < -0.4 is 15.0 Å². The summed E-state index contributed by atoms with van der Waals surface area (Å²) >= 11 is 0. The number of phenols is 1. The molecule has 5 nitrogen and oxygen atoms in total. The molecule has 106 valence electrons. The first-order chi connectivity index (χ1) is 9.61. The quantitative estimate of drug-likeness (QED) is 0.876. The van der Waals surface area contributed by atoms with Crippen molar-refractivity contribution in [2.24, 2.45) is 0 Å². The molecule has 2 aromatic rings. The highest BCUT2D eigenvalue weighted by atomic mass is 16.5. The van der Waals surface area contributed by atoms with Crippen LogP contribution in [0.4, 0.5) is 11.5 Å². The molecule has 0 aliphatic carbocycles. The first-order valence-electron chi connectivity index (χ1n) is 6.34. The molecule has 0 atom stereocenters. The number of pyridine rings is 1. The summed E-state index contributed by atoms with van der Waals surface area (Å²) in [7, 11) is 5.45. The summed E-state index contributed by atoms with van der Waals surface area (Å²) in [6, 6.07) is 9.18. The number of methoxy groups -OCH3 is 1. The molecule has 1 aromatic heterocycles. The topological polar surface area (TPSA) is 57.6 Å². The number of anilines is 2. The number of phenolic OH excluding ortho intramolecular Hbond substituents is 1. The second-order valence-corrected chi connectivity index (χ2v) is 4.63. The second kappa shape index (κ2) is 6.14. The van der Waals surface area contributed by atoms with E-state index in [1.165, 1.54) is 7.11 Å². The maximum absolute atomic E-state index is 9.58. The molecule has 0 bridgehead atoms. The van der Waals surface area contributed by atoms with Crippen molar-refractivity contribution in [3.8, 4) is 11.5 Å².